The number of aromatic carboxylic acids is 1. The van der Waals surface area contributed by atoms with Crippen LogP contribution in [-0.4, -0.2) is 27.3 Å². The van der Waals surface area contributed by atoms with Gasteiger partial charge in [-0.15, -0.1) is 0 Å². The lowest BCUT2D eigenvalue weighted by molar-refractivity contribution is 0.0697. The van der Waals surface area contributed by atoms with E-state index in [1.165, 1.54) is 6.07 Å². The molecule has 6 nitrogen and oxygen atoms in total. The van der Waals surface area contributed by atoms with Gasteiger partial charge in [0, 0.05) is 18.0 Å². The molecule has 1 aromatic heterocycles. The summed E-state index contributed by atoms with van der Waals surface area (Å²) in [5.74, 6) is -0.203. The summed E-state index contributed by atoms with van der Waals surface area (Å²) in [5.41, 5.74) is 1.30. The van der Waals surface area contributed by atoms with Gasteiger partial charge in [-0.05, 0) is 12.1 Å². The van der Waals surface area contributed by atoms with E-state index >= 15 is 0 Å². The molecule has 6 heteroatoms. The molecule has 0 radical (unpaired) electrons. The monoisotopic (exact) mass is 266 g/mol. The van der Waals surface area contributed by atoms with Gasteiger partial charge in [0.15, 0.2) is 11.6 Å². The summed E-state index contributed by atoms with van der Waals surface area (Å²) in [6.45, 7) is 0. The summed E-state index contributed by atoms with van der Waals surface area (Å²) < 4.78 is 0. The van der Waals surface area contributed by atoms with Crippen molar-refractivity contribution in [3.05, 3.63) is 48.3 Å². The highest BCUT2D eigenvalue weighted by Crippen LogP contribution is 2.27. The summed E-state index contributed by atoms with van der Waals surface area (Å²) in [6, 6.07) is 6.62. The molecule has 20 heavy (non-hydrogen) atoms. The second kappa shape index (κ2) is 4.93. The van der Waals surface area contributed by atoms with Gasteiger partial charge < -0.3 is 10.4 Å². The molecule has 98 valence electrons. The zero-order valence-electron chi connectivity index (χ0n) is 10.3. The van der Waals surface area contributed by atoms with Crippen molar-refractivity contribution >= 4 is 23.7 Å². The molecule has 1 aliphatic rings. The number of fused-ring (bicyclic) bond motifs is 1. The van der Waals surface area contributed by atoms with Crippen molar-refractivity contribution in [3.63, 3.8) is 0 Å². The molecule has 1 aromatic carbocycles. The highest BCUT2D eigenvalue weighted by Gasteiger charge is 2.15. The maximum atomic E-state index is 11.2. The van der Waals surface area contributed by atoms with Crippen LogP contribution in [0.5, 0.6) is 0 Å². The number of hydrogen-bond acceptors (Lipinski definition) is 5. The Morgan fingerprint density at radius 3 is 2.95 bits per heavy atom. The van der Waals surface area contributed by atoms with Gasteiger partial charge >= 0.3 is 5.97 Å². The number of allylic oxidation sites excluding steroid dienone is 1. The number of nitrogens with one attached hydrogen (secondary N) is 1. The predicted molar refractivity (Wildman–Crippen MR) is 75.3 cm³/mol. The maximum Gasteiger partial charge on any atom is 0.336 e. The molecule has 0 aliphatic carbocycles. The van der Waals surface area contributed by atoms with Gasteiger partial charge in [-0.1, -0.05) is 18.2 Å². The lowest BCUT2D eigenvalue weighted by Crippen LogP contribution is -2.02. The molecule has 0 fully saturated rings. The summed E-state index contributed by atoms with van der Waals surface area (Å²) in [4.78, 5) is 23.9. The Bertz CT molecular complexity index is 738. The quantitative estimate of drug-likeness (QED) is 0.871. The highest BCUT2D eigenvalue weighted by molar-refractivity contribution is 5.95. The van der Waals surface area contributed by atoms with Crippen LogP contribution in [0.4, 0.5) is 11.5 Å². The van der Waals surface area contributed by atoms with Crippen LogP contribution in [0.1, 0.15) is 10.4 Å². The molecule has 0 amide bonds. The SMILES string of the molecule is O=C(O)c1ccccc1-c1ncc2c(n1)N=CC=CN2. The Balaban J connectivity index is 2.13. The van der Waals surface area contributed by atoms with E-state index in [-0.39, 0.29) is 5.56 Å². The number of aliphatic imine (C=N–C) groups is 1. The third kappa shape index (κ3) is 2.14. The second-order valence-electron chi connectivity index (χ2n) is 4.06. The first-order valence-electron chi connectivity index (χ1n) is 5.91. The summed E-state index contributed by atoms with van der Waals surface area (Å²) in [7, 11) is 0. The minimum absolute atomic E-state index is 0.163. The van der Waals surface area contributed by atoms with Crippen LogP contribution in [0.25, 0.3) is 11.4 Å². The van der Waals surface area contributed by atoms with Crippen molar-refractivity contribution < 1.29 is 9.90 Å². The fourth-order valence-corrected chi connectivity index (χ4v) is 1.86. The maximum absolute atomic E-state index is 11.2. The van der Waals surface area contributed by atoms with Crippen LogP contribution in [0.2, 0.25) is 0 Å². The summed E-state index contributed by atoms with van der Waals surface area (Å²) in [5, 5.41) is 12.2. The molecule has 2 N–H and O–H groups in total. The molecule has 0 saturated carbocycles. The minimum atomic E-state index is -1.01. The van der Waals surface area contributed by atoms with Gasteiger partial charge in [-0.25, -0.2) is 19.8 Å². The van der Waals surface area contributed by atoms with Gasteiger partial charge in [0.1, 0.15) is 5.69 Å². The van der Waals surface area contributed by atoms with Crippen molar-refractivity contribution in [2.75, 3.05) is 5.32 Å². The van der Waals surface area contributed by atoms with Gasteiger partial charge in [-0.3, -0.25) is 0 Å². The molecule has 0 bridgehead atoms. The van der Waals surface area contributed by atoms with E-state index in [0.717, 1.165) is 0 Å². The summed E-state index contributed by atoms with van der Waals surface area (Å²) >= 11 is 0. The van der Waals surface area contributed by atoms with Crippen molar-refractivity contribution in [1.82, 2.24) is 9.97 Å². The Labute approximate surface area is 114 Å². The van der Waals surface area contributed by atoms with Crippen LogP contribution in [0.3, 0.4) is 0 Å². The summed E-state index contributed by atoms with van der Waals surface area (Å²) in [6.07, 6.45) is 6.66. The van der Waals surface area contributed by atoms with E-state index in [0.29, 0.717) is 22.9 Å². The van der Waals surface area contributed by atoms with Crippen LogP contribution < -0.4 is 5.32 Å². The number of rotatable bonds is 2. The fourth-order valence-electron chi connectivity index (χ4n) is 1.86. The van der Waals surface area contributed by atoms with E-state index in [1.54, 1.807) is 42.9 Å². The van der Waals surface area contributed by atoms with Gasteiger partial charge in [0.05, 0.1) is 11.8 Å². The number of anilines is 1. The minimum Gasteiger partial charge on any atom is -0.478 e. The standard InChI is InChI=1S/C14H10N4O2/c19-14(20)10-5-2-1-4-9(10)12-17-8-11-13(18-12)16-7-3-6-15-11/h1-8,15H,(H,19,20). The van der Waals surface area contributed by atoms with Crippen molar-refractivity contribution in [2.45, 2.75) is 0 Å². The zero-order valence-corrected chi connectivity index (χ0v) is 10.3. The normalized spacial score (nSPS) is 12.4. The molecule has 3 rings (SSSR count). The molecule has 2 aromatic rings. The first-order valence-corrected chi connectivity index (χ1v) is 5.91. The van der Waals surface area contributed by atoms with Crippen LogP contribution in [0.15, 0.2) is 47.7 Å². The van der Waals surface area contributed by atoms with E-state index in [1.807, 2.05) is 0 Å². The van der Waals surface area contributed by atoms with E-state index in [2.05, 4.69) is 20.3 Å². The fraction of sp³-hybridized carbons (Fsp3) is 0. The van der Waals surface area contributed by atoms with Crippen molar-refractivity contribution in [3.8, 4) is 11.4 Å². The number of carboxylic acid groups (broad SMARTS) is 1. The molecule has 0 atom stereocenters. The van der Waals surface area contributed by atoms with Gasteiger partial charge in [-0.2, -0.15) is 0 Å². The molecule has 0 unspecified atom stereocenters. The van der Waals surface area contributed by atoms with E-state index in [4.69, 9.17) is 0 Å². The van der Waals surface area contributed by atoms with Crippen molar-refractivity contribution in [1.29, 1.82) is 0 Å². The smallest absolute Gasteiger partial charge is 0.336 e. The number of nitrogens with zero attached hydrogens (tertiary/aromatic N) is 3. The number of hydrogen-bond donors (Lipinski definition) is 2. The lowest BCUT2D eigenvalue weighted by atomic mass is 10.1. The van der Waals surface area contributed by atoms with Gasteiger partial charge in [0.2, 0.25) is 0 Å². The highest BCUT2D eigenvalue weighted by atomic mass is 16.4. The number of benzene rings is 1. The Kier molecular flexibility index (Phi) is 2.96. The zero-order chi connectivity index (χ0) is 13.9. The second-order valence-corrected chi connectivity index (χ2v) is 4.06. The number of aromatic nitrogens is 2. The Morgan fingerprint density at radius 1 is 1.25 bits per heavy atom. The average molecular weight is 266 g/mol. The first-order chi connectivity index (χ1) is 9.75. The molecule has 0 spiro atoms. The predicted octanol–water partition coefficient (Wildman–Crippen LogP) is 2.48. The third-order valence-corrected chi connectivity index (χ3v) is 2.78. The number of carbonyl (C=O) groups is 1. The lowest BCUT2D eigenvalue weighted by Gasteiger charge is -2.07. The number of carboxylic acids is 1. The topological polar surface area (TPSA) is 87.5 Å². The largest absolute Gasteiger partial charge is 0.478 e. The van der Waals surface area contributed by atoms with Crippen molar-refractivity contribution in [2.24, 2.45) is 4.99 Å². The van der Waals surface area contributed by atoms with Gasteiger partial charge in [0.25, 0.3) is 0 Å². The van der Waals surface area contributed by atoms with Crippen LogP contribution >= 0.6 is 0 Å². The molecule has 0 saturated heterocycles. The molecular weight excluding hydrogens is 256 g/mol. The molecular formula is C14H10N4O2. The van der Waals surface area contributed by atoms with Crippen LogP contribution in [0, 0.1) is 0 Å². The third-order valence-electron chi connectivity index (χ3n) is 2.78. The molecule has 1 aliphatic heterocycles. The first kappa shape index (κ1) is 12.0. The average Bonchev–Trinajstić information content (AvgIpc) is 2.71. The van der Waals surface area contributed by atoms with Crippen LogP contribution in [-0.2, 0) is 0 Å². The van der Waals surface area contributed by atoms with E-state index in [9.17, 15) is 9.90 Å². The Morgan fingerprint density at radius 2 is 2.10 bits per heavy atom. The molecule has 2 heterocycles. The Hall–Kier alpha value is -3.02. The van der Waals surface area contributed by atoms with E-state index < -0.39 is 5.97 Å².